The second-order valence-corrected chi connectivity index (χ2v) is 59.2. The SMILES string of the molecule is CC(C)C1C(C)(C)C2CCC1(C)C2(C)C.CC(C)C1CC2CC1C1CCCC21.CC(C)C1CC2CCC1(C)C2(C)C.CC(C)C1CC2CCC1C2.CC(C)[C@H](C)C1CC2CC1C1CCCC21.CC(C)[C@H](C)C1CC2CCC1C2.CCC(C)[C@H](C)C1CC2CCC1C2.CCCC[C@H](C)C1CC2CCC1C2.CC[C@H](C)C1CC2CC1C1CCCC21.CC[C@H](C)C1CC2CCC1C2. The monoisotopic (exact) mass is 1780 g/mol. The van der Waals surface area contributed by atoms with Crippen molar-refractivity contribution in [1.29, 1.82) is 0 Å². The standard InChI is InChI=1S/C15H26.C15H28.C14H24.C13H22.3C13H24.C12H22.C11H20.C10H18/c1-9(2)10(3)14-7-11-8-15(14)13-6-4-5-12(11)13;1-10(2)12-13(3,4)11-8-9-15(12,7)14(11,5)6;1-3-9(2)13-7-10-8-14(13)12-6-4-5-11(10)12;1-8(2)12-6-9-7-13(12)11-5-3-4-10(9)11;1-9(2)11-8-10-6-7-13(11,5)12(10,3)4;1-4-9(2)10(3)13-8-11-5-6-12(13)7-11;1-3-4-5-10(2)13-9-11-6-7-12(13)8-11;1-8(2)9(3)12-7-10-4-5-11(12)6-10;1-3-8(2)11-7-9-4-5-10(11)6-9;1-7(2)10-6-8-3-4-9(10)5-8/h9-15H,4-8H2,1-3H3;10-12H,8-9H2,1-7H3;9-14H,3-8H2,1-2H3;8-13H,3-7H2,1-2H3;9-11H,6-8H2,1-5H3;9-13H,4-8H2,1-3H3;10-13H,3-9H2,1-2H3;8-12H,4-7H2,1-3H3;8-11H,3-7H2,1-2H3;7-10H,3-6H2,1-2H3/t10-,11?,12?,13?,14?,15?;;9-,10?,11?,12?,13?,14?;;;9?,10-,11?,12?,13?;10-,11?,12?,13?;9-,10?,11?,12?;8-,9?,10?,11?;/m0.0..0000./s1. The van der Waals surface area contributed by atoms with Crippen molar-refractivity contribution in [3.63, 3.8) is 0 Å². The lowest BCUT2D eigenvalue weighted by molar-refractivity contribution is 0.0265. The Morgan fingerprint density at radius 1 is 0.256 bits per heavy atom. The van der Waals surface area contributed by atoms with E-state index in [2.05, 4.69) is 215 Å². The van der Waals surface area contributed by atoms with Crippen molar-refractivity contribution in [3.8, 4) is 0 Å². The van der Waals surface area contributed by atoms with Gasteiger partial charge in [-0.15, -0.1) is 0 Å². The third-order valence-corrected chi connectivity index (χ3v) is 51.3. The molecule has 0 heterocycles. The van der Waals surface area contributed by atoms with Crippen LogP contribution in [-0.4, -0.2) is 0 Å². The van der Waals surface area contributed by atoms with E-state index in [0.29, 0.717) is 27.1 Å². The molecule has 129 heavy (non-hydrogen) atoms. The maximum absolute atomic E-state index is 2.56. The fourth-order valence-corrected chi connectivity index (χ4v) is 42.8. The second kappa shape index (κ2) is 43.8. The number of hydrogen-bond donors (Lipinski definition) is 0. The van der Waals surface area contributed by atoms with Gasteiger partial charge in [0, 0.05) is 0 Å². The summed E-state index contributed by atoms with van der Waals surface area (Å²) in [6.07, 6.45) is 70.9. The molecule has 0 N–H and O–H groups in total. The third-order valence-electron chi connectivity index (χ3n) is 51.3. The van der Waals surface area contributed by atoms with Gasteiger partial charge in [0.25, 0.3) is 0 Å². The molecule has 0 saturated heterocycles. The van der Waals surface area contributed by atoms with Crippen molar-refractivity contribution in [2.24, 2.45) is 305 Å². The van der Waals surface area contributed by atoms with E-state index in [4.69, 9.17) is 0 Å². The Morgan fingerprint density at radius 2 is 0.620 bits per heavy atom. The summed E-state index contributed by atoms with van der Waals surface area (Å²) in [7, 11) is 0. The molecule has 37 unspecified atom stereocenters. The van der Waals surface area contributed by atoms with Crippen LogP contribution in [0.1, 0.15) is 510 Å². The highest BCUT2D eigenvalue weighted by atomic mass is 14.7. The molecule has 0 radical (unpaired) electrons. The van der Waals surface area contributed by atoms with E-state index in [-0.39, 0.29) is 0 Å². The molecule has 23 saturated carbocycles. The highest BCUT2D eigenvalue weighted by Crippen LogP contribution is 2.77. The van der Waals surface area contributed by atoms with E-state index < -0.39 is 0 Å². The lowest BCUT2D eigenvalue weighted by Crippen LogP contribution is -2.39. The molecule has 23 aliphatic carbocycles. The summed E-state index contributed by atoms with van der Waals surface area (Å²) >= 11 is 0. The largest absolute Gasteiger partial charge is 0.0654 e. The van der Waals surface area contributed by atoms with Gasteiger partial charge in [-0.25, -0.2) is 0 Å². The zero-order valence-corrected chi connectivity index (χ0v) is 93.2. The van der Waals surface area contributed by atoms with E-state index in [1.165, 1.54) is 100 Å². The normalized spacial score (nSPS) is 46.6. The summed E-state index contributed by atoms with van der Waals surface area (Å²) in [5.74, 6) is 50.2. The second-order valence-electron chi connectivity index (χ2n) is 59.2. The molecule has 20 bridgehead atoms. The number of unbranched alkanes of at least 4 members (excludes halogenated alkanes) is 1. The molecule has 748 valence electrons. The highest BCUT2D eigenvalue weighted by Gasteiger charge is 2.70. The van der Waals surface area contributed by atoms with Crippen molar-refractivity contribution < 1.29 is 0 Å². The topological polar surface area (TPSA) is 0 Å². The van der Waals surface area contributed by atoms with E-state index in [1.807, 2.05) is 0 Å². The lowest BCUT2D eigenvalue weighted by atomic mass is 9.59. The van der Waals surface area contributed by atoms with Crippen LogP contribution < -0.4 is 0 Å². The van der Waals surface area contributed by atoms with Crippen molar-refractivity contribution in [2.75, 3.05) is 0 Å². The fourth-order valence-electron chi connectivity index (χ4n) is 42.8. The molecule has 0 amide bonds. The molecule has 0 spiro atoms. The average Bonchev–Trinajstić information content (AvgIpc) is 1.50. The van der Waals surface area contributed by atoms with Gasteiger partial charge in [0.05, 0.1) is 0 Å². The van der Waals surface area contributed by atoms with E-state index >= 15 is 0 Å². The van der Waals surface area contributed by atoms with Gasteiger partial charge in [0.2, 0.25) is 0 Å². The molecule has 0 aromatic heterocycles. The average molecular weight is 1780 g/mol. The van der Waals surface area contributed by atoms with E-state index in [9.17, 15) is 0 Å². The Hall–Kier alpha value is 0. The Labute approximate surface area is 809 Å². The van der Waals surface area contributed by atoms with Crippen molar-refractivity contribution in [2.45, 2.75) is 510 Å². The molecule has 43 atom stereocenters. The van der Waals surface area contributed by atoms with Gasteiger partial charge >= 0.3 is 0 Å². The van der Waals surface area contributed by atoms with Gasteiger partial charge in [-0.3, -0.25) is 0 Å². The summed E-state index contributed by atoms with van der Waals surface area (Å²) < 4.78 is 0. The first-order valence-electron chi connectivity index (χ1n) is 61.1. The summed E-state index contributed by atoms with van der Waals surface area (Å²) in [6, 6.07) is 0. The number of fused-ring (bicyclic) bond motifs is 29. The smallest absolute Gasteiger partial charge is 0.0236 e. The quantitative estimate of drug-likeness (QED) is 0.121. The van der Waals surface area contributed by atoms with Crippen molar-refractivity contribution in [3.05, 3.63) is 0 Å². The Kier molecular flexibility index (Phi) is 35.6. The molecule has 0 aromatic rings. The van der Waals surface area contributed by atoms with Gasteiger partial charge in [-0.2, -0.15) is 0 Å². The van der Waals surface area contributed by atoms with Crippen LogP contribution >= 0.6 is 0 Å². The zero-order valence-electron chi connectivity index (χ0n) is 93.2. The minimum Gasteiger partial charge on any atom is -0.0654 e. The molecule has 23 aliphatic rings. The van der Waals surface area contributed by atoms with Gasteiger partial charge in [0.15, 0.2) is 0 Å². The molecule has 0 aromatic carbocycles. The van der Waals surface area contributed by atoms with Gasteiger partial charge in [-0.1, -0.05) is 305 Å². The Bertz CT molecular complexity index is 3340. The first kappa shape index (κ1) is 105. The van der Waals surface area contributed by atoms with E-state index in [1.54, 1.807) is 225 Å². The van der Waals surface area contributed by atoms with E-state index in [0.717, 1.165) is 249 Å². The lowest BCUT2D eigenvalue weighted by Gasteiger charge is -2.46. The Balaban J connectivity index is 0.000000116. The van der Waals surface area contributed by atoms with Crippen LogP contribution in [0.4, 0.5) is 0 Å². The molecular weight excluding hydrogens is 1550 g/mol. The van der Waals surface area contributed by atoms with Gasteiger partial charge < -0.3 is 0 Å². The van der Waals surface area contributed by atoms with Crippen LogP contribution in [0.5, 0.6) is 0 Å². The molecular formula is C129H232. The predicted molar refractivity (Wildman–Crippen MR) is 564 cm³/mol. The van der Waals surface area contributed by atoms with Gasteiger partial charge in [0.1, 0.15) is 0 Å². The molecule has 23 rings (SSSR count). The van der Waals surface area contributed by atoms with Crippen molar-refractivity contribution >= 4 is 0 Å². The maximum Gasteiger partial charge on any atom is -0.0236 e. The first-order valence-corrected chi connectivity index (χ1v) is 61.1. The van der Waals surface area contributed by atoms with Crippen LogP contribution in [-0.2, 0) is 0 Å². The highest BCUT2D eigenvalue weighted by molar-refractivity contribution is 5.18. The summed E-state index contributed by atoms with van der Waals surface area (Å²) in [5, 5.41) is 0. The summed E-state index contributed by atoms with van der Waals surface area (Å²) in [5.41, 5.74) is 2.93. The Morgan fingerprint density at radius 3 is 0.938 bits per heavy atom. The third kappa shape index (κ3) is 21.6. The minimum atomic E-state index is 0.546. The first-order chi connectivity index (χ1) is 61.1. The fraction of sp³-hybridized carbons (Fsp3) is 1.00. The maximum atomic E-state index is 2.56. The van der Waals surface area contributed by atoms with Crippen LogP contribution in [0.25, 0.3) is 0 Å². The zero-order chi connectivity index (χ0) is 93.2. The van der Waals surface area contributed by atoms with Crippen LogP contribution in [0.3, 0.4) is 0 Å². The summed E-state index contributed by atoms with van der Waals surface area (Å²) in [6.45, 7) is 75.9. The molecule has 0 aliphatic heterocycles. The van der Waals surface area contributed by atoms with Gasteiger partial charge in [-0.05, 0) is 511 Å². The number of hydrogen-bond acceptors (Lipinski definition) is 0. The van der Waals surface area contributed by atoms with Crippen LogP contribution in [0.2, 0.25) is 0 Å². The van der Waals surface area contributed by atoms with Crippen LogP contribution in [0, 0.1) is 305 Å². The number of rotatable bonds is 19. The molecule has 23 fully saturated rings. The van der Waals surface area contributed by atoms with Crippen LogP contribution in [0.15, 0.2) is 0 Å². The van der Waals surface area contributed by atoms with Crippen molar-refractivity contribution in [1.82, 2.24) is 0 Å². The predicted octanol–water partition coefficient (Wildman–Crippen LogP) is 39.6. The molecule has 0 nitrogen and oxygen atoms in total. The molecule has 0 heteroatoms. The summed E-state index contributed by atoms with van der Waals surface area (Å²) in [4.78, 5) is 0. The minimum absolute atomic E-state index is 0.546.